The van der Waals surface area contributed by atoms with Gasteiger partial charge in [-0.2, -0.15) is 11.8 Å². The molecule has 3 amide bonds. The van der Waals surface area contributed by atoms with E-state index in [-0.39, 0.29) is 24.3 Å². The maximum absolute atomic E-state index is 12.9. The molecule has 1 aromatic rings. The number of rotatable bonds is 3. The number of nitrogens with one attached hydrogen (secondary N) is 3. The Morgan fingerprint density at radius 2 is 2.00 bits per heavy atom. The van der Waals surface area contributed by atoms with E-state index in [1.165, 1.54) is 0 Å². The van der Waals surface area contributed by atoms with Gasteiger partial charge in [-0.1, -0.05) is 18.2 Å². The lowest BCUT2D eigenvalue weighted by Crippen LogP contribution is -2.70. The van der Waals surface area contributed by atoms with E-state index in [0.29, 0.717) is 12.8 Å². The molecule has 8 heteroatoms. The molecule has 2 aliphatic rings. The molecule has 25 heavy (non-hydrogen) atoms. The summed E-state index contributed by atoms with van der Waals surface area (Å²) >= 11 is 8.07. The molecule has 1 saturated heterocycles. The van der Waals surface area contributed by atoms with E-state index in [0.717, 1.165) is 17.0 Å². The highest BCUT2D eigenvalue weighted by atomic mass is 35.5. The van der Waals surface area contributed by atoms with Crippen LogP contribution < -0.4 is 16.0 Å². The van der Waals surface area contributed by atoms with Crippen LogP contribution >= 0.6 is 23.4 Å². The van der Waals surface area contributed by atoms with Gasteiger partial charge in [-0.15, -0.1) is 11.6 Å². The van der Waals surface area contributed by atoms with E-state index in [4.69, 9.17) is 11.6 Å². The summed E-state index contributed by atoms with van der Waals surface area (Å²) in [6.07, 6.45) is 3.10. The van der Waals surface area contributed by atoms with Gasteiger partial charge in [0.15, 0.2) is 0 Å². The van der Waals surface area contributed by atoms with Crippen molar-refractivity contribution in [1.29, 1.82) is 0 Å². The molecule has 6 nitrogen and oxygen atoms in total. The monoisotopic (exact) mass is 381 g/mol. The SMILES string of the molecule is CSCCC1CC(=O)NC(=O)C(Cl)C2(Cc3ccccc3NC2=O)N1. The first-order chi connectivity index (χ1) is 12.0. The highest BCUT2D eigenvalue weighted by Gasteiger charge is 2.53. The fourth-order valence-electron chi connectivity index (χ4n) is 3.35. The number of amides is 3. The molecule has 3 atom stereocenters. The molecule has 1 fully saturated rings. The summed E-state index contributed by atoms with van der Waals surface area (Å²) in [4.78, 5) is 37.2. The largest absolute Gasteiger partial charge is 0.324 e. The lowest BCUT2D eigenvalue weighted by molar-refractivity contribution is -0.136. The average molecular weight is 382 g/mol. The third-order valence-electron chi connectivity index (χ3n) is 4.63. The van der Waals surface area contributed by atoms with Gasteiger partial charge >= 0.3 is 0 Å². The quantitative estimate of drug-likeness (QED) is 0.542. The molecule has 1 spiro atoms. The molecule has 134 valence electrons. The van der Waals surface area contributed by atoms with Crippen molar-refractivity contribution in [3.63, 3.8) is 0 Å². The first-order valence-electron chi connectivity index (χ1n) is 8.10. The maximum atomic E-state index is 12.9. The van der Waals surface area contributed by atoms with Crippen LogP contribution in [0.4, 0.5) is 5.69 Å². The number of para-hydroxylation sites is 1. The number of alkyl halides is 1. The normalized spacial score (nSPS) is 29.4. The molecule has 2 aliphatic heterocycles. The molecule has 1 aromatic carbocycles. The van der Waals surface area contributed by atoms with Crippen LogP contribution in [0, 0.1) is 0 Å². The summed E-state index contributed by atoms with van der Waals surface area (Å²) in [5, 5.41) is 7.24. The fraction of sp³-hybridized carbons (Fsp3) is 0.471. The number of thioether (sulfide) groups is 1. The number of fused-ring (bicyclic) bond motifs is 1. The van der Waals surface area contributed by atoms with Crippen molar-refractivity contribution in [1.82, 2.24) is 10.6 Å². The van der Waals surface area contributed by atoms with Gasteiger partial charge in [0, 0.05) is 24.6 Å². The highest BCUT2D eigenvalue weighted by Crippen LogP contribution is 2.34. The third-order valence-corrected chi connectivity index (χ3v) is 5.84. The molecule has 2 heterocycles. The first-order valence-corrected chi connectivity index (χ1v) is 9.93. The number of benzene rings is 1. The van der Waals surface area contributed by atoms with Crippen LogP contribution in [0.15, 0.2) is 24.3 Å². The Balaban J connectivity index is 1.98. The van der Waals surface area contributed by atoms with E-state index in [9.17, 15) is 14.4 Å². The second-order valence-electron chi connectivity index (χ2n) is 6.36. The summed E-state index contributed by atoms with van der Waals surface area (Å²) in [5.74, 6) is -0.525. The van der Waals surface area contributed by atoms with E-state index in [1.54, 1.807) is 11.8 Å². The molecule has 0 saturated carbocycles. The third kappa shape index (κ3) is 3.54. The molecule has 0 bridgehead atoms. The molecular weight excluding hydrogens is 362 g/mol. The topological polar surface area (TPSA) is 87.3 Å². The second-order valence-corrected chi connectivity index (χ2v) is 7.78. The van der Waals surface area contributed by atoms with Crippen molar-refractivity contribution in [2.45, 2.75) is 36.2 Å². The molecule has 3 N–H and O–H groups in total. The summed E-state index contributed by atoms with van der Waals surface area (Å²) in [6, 6.07) is 7.21. The van der Waals surface area contributed by atoms with Gasteiger partial charge in [0.05, 0.1) is 0 Å². The summed E-state index contributed by atoms with van der Waals surface area (Å²) in [7, 11) is 0. The van der Waals surface area contributed by atoms with Crippen LogP contribution in [-0.4, -0.2) is 46.7 Å². The number of carbonyl (C=O) groups excluding carboxylic acids is 3. The van der Waals surface area contributed by atoms with Gasteiger partial charge in [0.25, 0.3) is 0 Å². The predicted molar refractivity (Wildman–Crippen MR) is 98.8 cm³/mol. The molecule has 3 unspecified atom stereocenters. The van der Waals surface area contributed by atoms with Gasteiger partial charge < -0.3 is 5.32 Å². The van der Waals surface area contributed by atoms with Gasteiger partial charge in [-0.05, 0) is 30.1 Å². The Kier molecular flexibility index (Phi) is 5.36. The van der Waals surface area contributed by atoms with Gasteiger partial charge in [-0.3, -0.25) is 25.0 Å². The molecule has 0 aliphatic carbocycles. The number of anilines is 1. The van der Waals surface area contributed by atoms with Crippen LogP contribution in [0.3, 0.4) is 0 Å². The van der Waals surface area contributed by atoms with Crippen LogP contribution in [0.25, 0.3) is 0 Å². The van der Waals surface area contributed by atoms with Crippen molar-refractivity contribution >= 4 is 46.8 Å². The van der Waals surface area contributed by atoms with E-state index < -0.39 is 16.8 Å². The summed E-state index contributed by atoms with van der Waals surface area (Å²) < 4.78 is 0. The van der Waals surface area contributed by atoms with Crippen molar-refractivity contribution in [2.24, 2.45) is 0 Å². The van der Waals surface area contributed by atoms with E-state index >= 15 is 0 Å². The maximum Gasteiger partial charge on any atom is 0.247 e. The fourth-order valence-corrected chi connectivity index (χ4v) is 4.17. The Hall–Kier alpha value is -1.57. The zero-order chi connectivity index (χ0) is 18.0. The van der Waals surface area contributed by atoms with Gasteiger partial charge in [0.2, 0.25) is 17.7 Å². The predicted octanol–water partition coefficient (Wildman–Crippen LogP) is 1.29. The number of halogens is 1. The molecule has 3 rings (SSSR count). The smallest absolute Gasteiger partial charge is 0.247 e. The van der Waals surface area contributed by atoms with Crippen molar-refractivity contribution in [3.8, 4) is 0 Å². The average Bonchev–Trinajstić information content (AvgIpc) is 2.58. The minimum absolute atomic E-state index is 0.132. The molecular formula is C17H20ClN3O3S. The second kappa shape index (κ2) is 7.35. The minimum Gasteiger partial charge on any atom is -0.324 e. The Morgan fingerprint density at radius 1 is 1.24 bits per heavy atom. The zero-order valence-electron chi connectivity index (χ0n) is 13.8. The molecule has 0 radical (unpaired) electrons. The lowest BCUT2D eigenvalue weighted by Gasteiger charge is -2.43. The van der Waals surface area contributed by atoms with Crippen LogP contribution in [0.1, 0.15) is 18.4 Å². The summed E-state index contributed by atoms with van der Waals surface area (Å²) in [6.45, 7) is 0. The lowest BCUT2D eigenvalue weighted by atomic mass is 9.80. The minimum atomic E-state index is -1.29. The number of imide groups is 1. The van der Waals surface area contributed by atoms with Crippen LogP contribution in [0.2, 0.25) is 0 Å². The zero-order valence-corrected chi connectivity index (χ0v) is 15.4. The number of carbonyl (C=O) groups is 3. The number of hydrogen-bond acceptors (Lipinski definition) is 5. The van der Waals surface area contributed by atoms with Crippen LogP contribution in [-0.2, 0) is 20.8 Å². The Morgan fingerprint density at radius 3 is 2.76 bits per heavy atom. The van der Waals surface area contributed by atoms with Crippen molar-refractivity contribution in [2.75, 3.05) is 17.3 Å². The van der Waals surface area contributed by atoms with Crippen LogP contribution in [0.5, 0.6) is 0 Å². The van der Waals surface area contributed by atoms with E-state index in [2.05, 4.69) is 16.0 Å². The van der Waals surface area contributed by atoms with Crippen molar-refractivity contribution < 1.29 is 14.4 Å². The summed E-state index contributed by atoms with van der Waals surface area (Å²) in [5.41, 5.74) is 0.343. The number of hydrogen-bond donors (Lipinski definition) is 3. The standard InChI is InChI=1S/C17H20ClN3O3S/c1-25-7-6-11-8-13(22)20-15(23)14(18)17(21-11)9-10-4-2-3-5-12(10)19-16(17)24/h2-5,11,14,21H,6-9H2,1H3,(H,19,24)(H,20,22,23). The van der Waals surface area contributed by atoms with E-state index in [1.807, 2.05) is 30.5 Å². The van der Waals surface area contributed by atoms with Crippen molar-refractivity contribution in [3.05, 3.63) is 29.8 Å². The Labute approximate surface area is 155 Å². The highest BCUT2D eigenvalue weighted by molar-refractivity contribution is 7.98. The Bertz CT molecular complexity index is 714. The van der Waals surface area contributed by atoms with Gasteiger partial charge in [-0.25, -0.2) is 0 Å². The van der Waals surface area contributed by atoms with Gasteiger partial charge in [0.1, 0.15) is 10.9 Å². The first kappa shape index (κ1) is 18.2. The molecule has 0 aromatic heterocycles.